The van der Waals surface area contributed by atoms with E-state index in [1.807, 2.05) is 11.8 Å². The number of nitrogens with zero attached hydrogens (tertiary/aromatic N) is 1. The van der Waals surface area contributed by atoms with Gasteiger partial charge in [0.25, 0.3) is 0 Å². The molecule has 1 aliphatic heterocycles. The minimum atomic E-state index is -0.122. The molecule has 1 aliphatic carbocycles. The van der Waals surface area contributed by atoms with Crippen LogP contribution >= 0.6 is 0 Å². The fourth-order valence-corrected chi connectivity index (χ4v) is 3.23. The highest BCUT2D eigenvalue weighted by Crippen LogP contribution is 2.40. The molecule has 2 N–H and O–H groups in total. The SMILES string of the molecule is CCOC(=O)N1CC2CC1CCC2CCN. The molecule has 3 unspecified atom stereocenters. The Balaban J connectivity index is 1.94. The van der Waals surface area contributed by atoms with Gasteiger partial charge >= 0.3 is 6.09 Å². The Hall–Kier alpha value is -0.770. The van der Waals surface area contributed by atoms with Crippen molar-refractivity contribution in [3.8, 4) is 0 Å². The van der Waals surface area contributed by atoms with Crippen LogP contribution in [0.2, 0.25) is 0 Å². The zero-order valence-electron chi connectivity index (χ0n) is 10.0. The summed E-state index contributed by atoms with van der Waals surface area (Å²) in [4.78, 5) is 13.7. The van der Waals surface area contributed by atoms with Crippen LogP contribution in [-0.2, 0) is 4.74 Å². The highest BCUT2D eigenvalue weighted by Gasteiger charge is 2.42. The molecule has 92 valence electrons. The molecular weight excluding hydrogens is 204 g/mol. The molecule has 1 saturated carbocycles. The maximum Gasteiger partial charge on any atom is 0.410 e. The molecule has 2 fully saturated rings. The Morgan fingerprint density at radius 1 is 1.50 bits per heavy atom. The van der Waals surface area contributed by atoms with Gasteiger partial charge in [0.05, 0.1) is 6.61 Å². The van der Waals surface area contributed by atoms with Crippen LogP contribution in [0.1, 0.15) is 32.6 Å². The molecule has 2 aliphatic rings. The monoisotopic (exact) mass is 226 g/mol. The van der Waals surface area contributed by atoms with Crippen molar-refractivity contribution in [2.24, 2.45) is 17.6 Å². The number of fused-ring (bicyclic) bond motifs is 2. The number of nitrogens with two attached hydrogens (primary N) is 1. The second-order valence-electron chi connectivity index (χ2n) is 4.92. The molecule has 0 aromatic carbocycles. The van der Waals surface area contributed by atoms with Gasteiger partial charge in [-0.25, -0.2) is 4.79 Å². The van der Waals surface area contributed by atoms with E-state index < -0.39 is 0 Å². The molecule has 2 rings (SSSR count). The third-order valence-electron chi connectivity index (χ3n) is 4.02. The van der Waals surface area contributed by atoms with Crippen LogP contribution in [0.4, 0.5) is 4.79 Å². The van der Waals surface area contributed by atoms with E-state index in [1.165, 1.54) is 6.42 Å². The van der Waals surface area contributed by atoms with Crippen LogP contribution in [0.15, 0.2) is 0 Å². The van der Waals surface area contributed by atoms with Crippen LogP contribution in [0.5, 0.6) is 0 Å². The lowest BCUT2D eigenvalue weighted by atomic mass is 9.78. The molecular formula is C12H22N2O2. The van der Waals surface area contributed by atoms with E-state index in [0.717, 1.165) is 38.3 Å². The van der Waals surface area contributed by atoms with Gasteiger partial charge < -0.3 is 15.4 Å². The third-order valence-corrected chi connectivity index (χ3v) is 4.02. The number of carbonyl (C=O) groups is 1. The van der Waals surface area contributed by atoms with Crippen molar-refractivity contribution in [1.29, 1.82) is 0 Å². The second-order valence-corrected chi connectivity index (χ2v) is 4.92. The Morgan fingerprint density at radius 2 is 2.31 bits per heavy atom. The summed E-state index contributed by atoms with van der Waals surface area (Å²) < 4.78 is 5.09. The van der Waals surface area contributed by atoms with E-state index in [-0.39, 0.29) is 6.09 Å². The van der Waals surface area contributed by atoms with Gasteiger partial charge in [0.2, 0.25) is 0 Å². The summed E-state index contributed by atoms with van der Waals surface area (Å²) in [5.41, 5.74) is 5.63. The first kappa shape index (κ1) is 11.7. The van der Waals surface area contributed by atoms with E-state index in [9.17, 15) is 4.79 Å². The Morgan fingerprint density at radius 3 is 3.00 bits per heavy atom. The van der Waals surface area contributed by atoms with Crippen molar-refractivity contribution >= 4 is 6.09 Å². The summed E-state index contributed by atoms with van der Waals surface area (Å²) >= 11 is 0. The van der Waals surface area contributed by atoms with Crippen molar-refractivity contribution in [1.82, 2.24) is 4.90 Å². The van der Waals surface area contributed by atoms with Gasteiger partial charge in [-0.3, -0.25) is 0 Å². The summed E-state index contributed by atoms with van der Waals surface area (Å²) in [7, 11) is 0. The molecule has 3 atom stereocenters. The van der Waals surface area contributed by atoms with Gasteiger partial charge in [-0.2, -0.15) is 0 Å². The minimum Gasteiger partial charge on any atom is -0.450 e. The molecule has 1 saturated heterocycles. The summed E-state index contributed by atoms with van der Waals surface area (Å²) in [6.45, 7) is 3.98. The van der Waals surface area contributed by atoms with Gasteiger partial charge in [-0.05, 0) is 51.0 Å². The number of amides is 1. The summed E-state index contributed by atoms with van der Waals surface area (Å²) in [5, 5.41) is 0. The average molecular weight is 226 g/mol. The first-order valence-electron chi connectivity index (χ1n) is 6.39. The molecule has 16 heavy (non-hydrogen) atoms. The van der Waals surface area contributed by atoms with Crippen molar-refractivity contribution in [3.63, 3.8) is 0 Å². The van der Waals surface area contributed by atoms with Crippen LogP contribution < -0.4 is 5.73 Å². The van der Waals surface area contributed by atoms with E-state index >= 15 is 0 Å². The first-order chi connectivity index (χ1) is 7.76. The number of hydrogen-bond donors (Lipinski definition) is 1. The highest BCUT2D eigenvalue weighted by molar-refractivity contribution is 5.68. The molecule has 1 heterocycles. The predicted octanol–water partition coefficient (Wildman–Crippen LogP) is 1.59. The second kappa shape index (κ2) is 5.04. The minimum absolute atomic E-state index is 0.122. The Bertz CT molecular complexity index is 257. The van der Waals surface area contributed by atoms with Crippen LogP contribution in [-0.4, -0.2) is 36.7 Å². The fourth-order valence-electron chi connectivity index (χ4n) is 3.23. The topological polar surface area (TPSA) is 55.6 Å². The summed E-state index contributed by atoms with van der Waals surface area (Å²) in [6.07, 6.45) is 4.49. The van der Waals surface area contributed by atoms with Gasteiger partial charge in [0, 0.05) is 12.6 Å². The lowest BCUT2D eigenvalue weighted by Crippen LogP contribution is -2.35. The Kier molecular flexibility index (Phi) is 3.69. The molecule has 0 spiro atoms. The van der Waals surface area contributed by atoms with Gasteiger partial charge in [0.15, 0.2) is 0 Å². The molecule has 0 aromatic heterocycles. The number of rotatable bonds is 3. The summed E-state index contributed by atoms with van der Waals surface area (Å²) in [6, 6.07) is 0.429. The van der Waals surface area contributed by atoms with E-state index in [4.69, 9.17) is 10.5 Å². The first-order valence-corrected chi connectivity index (χ1v) is 6.39. The van der Waals surface area contributed by atoms with Crippen molar-refractivity contribution in [3.05, 3.63) is 0 Å². The fraction of sp³-hybridized carbons (Fsp3) is 0.917. The lowest BCUT2D eigenvalue weighted by molar-refractivity contribution is 0.102. The van der Waals surface area contributed by atoms with Crippen LogP contribution in [0, 0.1) is 11.8 Å². The molecule has 1 amide bonds. The lowest BCUT2D eigenvalue weighted by Gasteiger charge is -2.27. The highest BCUT2D eigenvalue weighted by atomic mass is 16.6. The number of likely N-dealkylation sites (tertiary alicyclic amines) is 1. The largest absolute Gasteiger partial charge is 0.450 e. The zero-order valence-corrected chi connectivity index (χ0v) is 10.0. The average Bonchev–Trinajstić information content (AvgIpc) is 2.62. The number of carbonyl (C=O) groups excluding carboxylic acids is 1. The molecule has 0 radical (unpaired) electrons. The van der Waals surface area contributed by atoms with Crippen molar-refractivity contribution < 1.29 is 9.53 Å². The van der Waals surface area contributed by atoms with Crippen molar-refractivity contribution in [2.75, 3.05) is 19.7 Å². The van der Waals surface area contributed by atoms with E-state index in [2.05, 4.69) is 0 Å². The quantitative estimate of drug-likeness (QED) is 0.795. The van der Waals surface area contributed by atoms with Gasteiger partial charge in [-0.15, -0.1) is 0 Å². The molecule has 4 nitrogen and oxygen atoms in total. The molecule has 2 bridgehead atoms. The van der Waals surface area contributed by atoms with E-state index in [1.54, 1.807) is 0 Å². The normalized spacial score (nSPS) is 32.9. The molecule has 0 aromatic rings. The molecule has 4 heteroatoms. The smallest absolute Gasteiger partial charge is 0.410 e. The standard InChI is InChI=1S/C12H22N2O2/c1-2-16-12(15)14-8-10-7-11(14)4-3-9(10)5-6-13/h9-11H,2-8,13H2,1H3. The van der Waals surface area contributed by atoms with E-state index in [0.29, 0.717) is 18.6 Å². The number of ether oxygens (including phenoxy) is 1. The van der Waals surface area contributed by atoms with Crippen molar-refractivity contribution in [2.45, 2.75) is 38.6 Å². The maximum atomic E-state index is 11.7. The van der Waals surface area contributed by atoms with Crippen LogP contribution in [0.3, 0.4) is 0 Å². The van der Waals surface area contributed by atoms with Crippen LogP contribution in [0.25, 0.3) is 0 Å². The maximum absolute atomic E-state index is 11.7. The Labute approximate surface area is 97.1 Å². The van der Waals surface area contributed by atoms with Gasteiger partial charge in [0.1, 0.15) is 0 Å². The number of hydrogen-bond acceptors (Lipinski definition) is 3. The zero-order chi connectivity index (χ0) is 11.5. The van der Waals surface area contributed by atoms with Gasteiger partial charge in [-0.1, -0.05) is 0 Å². The summed E-state index contributed by atoms with van der Waals surface area (Å²) in [5.74, 6) is 1.38. The third kappa shape index (κ3) is 2.17. The predicted molar refractivity (Wildman–Crippen MR) is 62.0 cm³/mol.